The predicted octanol–water partition coefficient (Wildman–Crippen LogP) is 2.46. The van der Waals surface area contributed by atoms with Crippen molar-refractivity contribution in [1.29, 1.82) is 5.26 Å². The van der Waals surface area contributed by atoms with Crippen LogP contribution in [-0.2, 0) is 6.54 Å². The average Bonchev–Trinajstić information content (AvgIpc) is 2.39. The first kappa shape index (κ1) is 11.9. The van der Waals surface area contributed by atoms with Crippen molar-refractivity contribution in [3.8, 4) is 6.07 Å². The molecule has 0 amide bonds. The molecular weight excluding hydrogens is 224 g/mol. The van der Waals surface area contributed by atoms with Crippen molar-refractivity contribution < 1.29 is 0 Å². The SMILES string of the molecule is Cc1ccc(CNc2nccc(C#N)c2N)cc1. The van der Waals surface area contributed by atoms with Gasteiger partial charge in [-0.1, -0.05) is 29.8 Å². The minimum Gasteiger partial charge on any atom is -0.395 e. The van der Waals surface area contributed by atoms with Gasteiger partial charge in [-0.2, -0.15) is 5.26 Å². The molecule has 0 aliphatic rings. The predicted molar refractivity (Wildman–Crippen MR) is 71.9 cm³/mol. The fourth-order valence-electron chi connectivity index (χ4n) is 1.60. The summed E-state index contributed by atoms with van der Waals surface area (Å²) < 4.78 is 0. The van der Waals surface area contributed by atoms with Gasteiger partial charge in [-0.15, -0.1) is 0 Å². The summed E-state index contributed by atoms with van der Waals surface area (Å²) in [6.07, 6.45) is 1.58. The fraction of sp³-hybridized carbons (Fsp3) is 0.143. The van der Waals surface area contributed by atoms with Gasteiger partial charge < -0.3 is 11.1 Å². The Hall–Kier alpha value is -2.54. The number of aryl methyl sites for hydroxylation is 1. The molecule has 90 valence electrons. The molecule has 4 heteroatoms. The molecule has 0 radical (unpaired) electrons. The van der Waals surface area contributed by atoms with Gasteiger partial charge in [0.1, 0.15) is 6.07 Å². The number of aromatic nitrogens is 1. The van der Waals surface area contributed by atoms with Gasteiger partial charge in [-0.25, -0.2) is 4.98 Å². The number of nitriles is 1. The number of hydrogen-bond acceptors (Lipinski definition) is 4. The first-order valence-corrected chi connectivity index (χ1v) is 5.64. The first-order valence-electron chi connectivity index (χ1n) is 5.64. The van der Waals surface area contributed by atoms with E-state index < -0.39 is 0 Å². The van der Waals surface area contributed by atoms with Crippen LogP contribution >= 0.6 is 0 Å². The van der Waals surface area contributed by atoms with E-state index in [4.69, 9.17) is 11.0 Å². The van der Waals surface area contributed by atoms with Crippen LogP contribution in [0, 0.1) is 18.3 Å². The van der Waals surface area contributed by atoms with E-state index in [1.54, 1.807) is 12.3 Å². The van der Waals surface area contributed by atoms with E-state index in [9.17, 15) is 0 Å². The van der Waals surface area contributed by atoms with E-state index >= 15 is 0 Å². The molecule has 1 heterocycles. The largest absolute Gasteiger partial charge is 0.395 e. The zero-order chi connectivity index (χ0) is 13.0. The van der Waals surface area contributed by atoms with Gasteiger partial charge in [-0.3, -0.25) is 0 Å². The van der Waals surface area contributed by atoms with Crippen molar-refractivity contribution in [2.75, 3.05) is 11.1 Å². The minimum atomic E-state index is 0.395. The minimum absolute atomic E-state index is 0.395. The Bertz CT molecular complexity index is 582. The van der Waals surface area contributed by atoms with Crippen molar-refractivity contribution in [3.63, 3.8) is 0 Å². The normalized spacial score (nSPS) is 9.78. The highest BCUT2D eigenvalue weighted by molar-refractivity contribution is 5.68. The molecule has 0 saturated heterocycles. The fourth-order valence-corrected chi connectivity index (χ4v) is 1.60. The zero-order valence-electron chi connectivity index (χ0n) is 10.1. The van der Waals surface area contributed by atoms with Crippen molar-refractivity contribution in [3.05, 3.63) is 53.2 Å². The Labute approximate surface area is 106 Å². The van der Waals surface area contributed by atoms with E-state index in [0.717, 1.165) is 5.56 Å². The zero-order valence-corrected chi connectivity index (χ0v) is 10.1. The second kappa shape index (κ2) is 5.19. The summed E-state index contributed by atoms with van der Waals surface area (Å²) >= 11 is 0. The van der Waals surface area contributed by atoms with E-state index in [-0.39, 0.29) is 0 Å². The molecular formula is C14H14N4. The molecule has 18 heavy (non-hydrogen) atoms. The summed E-state index contributed by atoms with van der Waals surface area (Å²) in [5.41, 5.74) is 9.04. The molecule has 3 N–H and O–H groups in total. The summed E-state index contributed by atoms with van der Waals surface area (Å²) in [7, 11) is 0. The summed E-state index contributed by atoms with van der Waals surface area (Å²) in [5.74, 6) is 0.551. The number of nitrogens with one attached hydrogen (secondary N) is 1. The van der Waals surface area contributed by atoms with E-state index in [2.05, 4.69) is 22.4 Å². The van der Waals surface area contributed by atoms with Crippen molar-refractivity contribution in [2.24, 2.45) is 0 Å². The van der Waals surface area contributed by atoms with Crippen LogP contribution in [0.4, 0.5) is 11.5 Å². The lowest BCUT2D eigenvalue weighted by atomic mass is 10.1. The maximum absolute atomic E-state index is 8.87. The van der Waals surface area contributed by atoms with Crippen molar-refractivity contribution in [1.82, 2.24) is 4.98 Å². The molecule has 1 aromatic carbocycles. The molecule has 1 aromatic heterocycles. The third-order valence-electron chi connectivity index (χ3n) is 2.69. The number of nitrogens with two attached hydrogens (primary N) is 1. The highest BCUT2D eigenvalue weighted by Gasteiger charge is 2.05. The second-order valence-corrected chi connectivity index (χ2v) is 4.07. The molecule has 2 aromatic rings. The maximum atomic E-state index is 8.87. The van der Waals surface area contributed by atoms with Gasteiger partial charge in [0.25, 0.3) is 0 Å². The van der Waals surface area contributed by atoms with Crippen LogP contribution in [0.5, 0.6) is 0 Å². The van der Waals surface area contributed by atoms with Crippen LogP contribution in [0.25, 0.3) is 0 Å². The lowest BCUT2D eigenvalue weighted by Crippen LogP contribution is -2.05. The Morgan fingerprint density at radius 2 is 2.00 bits per heavy atom. The lowest BCUT2D eigenvalue weighted by Gasteiger charge is -2.09. The maximum Gasteiger partial charge on any atom is 0.150 e. The molecule has 0 bridgehead atoms. The van der Waals surface area contributed by atoms with E-state index in [0.29, 0.717) is 23.6 Å². The molecule has 0 spiro atoms. The van der Waals surface area contributed by atoms with Crippen LogP contribution in [0.15, 0.2) is 36.5 Å². The Morgan fingerprint density at radius 1 is 1.28 bits per heavy atom. The van der Waals surface area contributed by atoms with E-state index in [1.165, 1.54) is 5.56 Å². The van der Waals surface area contributed by atoms with Crippen LogP contribution in [0.2, 0.25) is 0 Å². The van der Waals surface area contributed by atoms with Gasteiger partial charge >= 0.3 is 0 Å². The Kier molecular flexibility index (Phi) is 3.44. The number of benzene rings is 1. The molecule has 0 aliphatic heterocycles. The number of rotatable bonds is 3. The van der Waals surface area contributed by atoms with Crippen LogP contribution < -0.4 is 11.1 Å². The lowest BCUT2D eigenvalue weighted by molar-refractivity contribution is 1.11. The summed E-state index contributed by atoms with van der Waals surface area (Å²) in [4.78, 5) is 4.13. The van der Waals surface area contributed by atoms with Crippen molar-refractivity contribution >= 4 is 11.5 Å². The standard InChI is InChI=1S/C14H14N4/c1-10-2-4-11(5-3-10)9-18-14-13(16)12(8-15)6-7-17-14/h2-7H,9,16H2,1H3,(H,17,18). The quantitative estimate of drug-likeness (QED) is 0.861. The molecule has 0 saturated carbocycles. The van der Waals surface area contributed by atoms with E-state index in [1.807, 2.05) is 25.1 Å². The molecule has 0 fully saturated rings. The van der Waals surface area contributed by atoms with Crippen molar-refractivity contribution in [2.45, 2.75) is 13.5 Å². The van der Waals surface area contributed by atoms with Gasteiger partial charge in [0.15, 0.2) is 5.82 Å². The smallest absolute Gasteiger partial charge is 0.150 e. The number of anilines is 2. The monoisotopic (exact) mass is 238 g/mol. The first-order chi connectivity index (χ1) is 8.70. The third kappa shape index (κ3) is 2.58. The molecule has 2 rings (SSSR count). The number of pyridine rings is 1. The molecule has 0 aliphatic carbocycles. The van der Waals surface area contributed by atoms with Gasteiger partial charge in [0, 0.05) is 12.7 Å². The number of hydrogen-bond donors (Lipinski definition) is 2. The highest BCUT2D eigenvalue weighted by atomic mass is 15.0. The Morgan fingerprint density at radius 3 is 2.67 bits per heavy atom. The topological polar surface area (TPSA) is 74.7 Å². The number of nitrogen functional groups attached to an aromatic ring is 1. The molecule has 0 unspecified atom stereocenters. The summed E-state index contributed by atoms with van der Waals surface area (Å²) in [5, 5.41) is 12.0. The molecule has 0 atom stereocenters. The molecule has 4 nitrogen and oxygen atoms in total. The highest BCUT2D eigenvalue weighted by Crippen LogP contribution is 2.19. The summed E-state index contributed by atoms with van der Waals surface area (Å²) in [6.45, 7) is 2.68. The third-order valence-corrected chi connectivity index (χ3v) is 2.69. The van der Waals surface area contributed by atoms with Crippen LogP contribution in [-0.4, -0.2) is 4.98 Å². The number of nitrogens with zero attached hydrogens (tertiary/aromatic N) is 2. The van der Waals surface area contributed by atoms with Gasteiger partial charge in [0.05, 0.1) is 11.3 Å². The Balaban J connectivity index is 2.11. The second-order valence-electron chi connectivity index (χ2n) is 4.07. The average molecular weight is 238 g/mol. The van der Waals surface area contributed by atoms with Crippen LogP contribution in [0.1, 0.15) is 16.7 Å². The van der Waals surface area contributed by atoms with Crippen LogP contribution in [0.3, 0.4) is 0 Å². The summed E-state index contributed by atoms with van der Waals surface area (Å²) in [6, 6.07) is 11.8. The van der Waals surface area contributed by atoms with Gasteiger partial charge in [-0.05, 0) is 18.6 Å². The van der Waals surface area contributed by atoms with Gasteiger partial charge in [0.2, 0.25) is 0 Å².